The molecule has 0 aromatic heterocycles. The molecule has 5 heteroatoms. The molecule has 4 nitrogen and oxygen atoms in total. The van der Waals surface area contributed by atoms with E-state index in [2.05, 4.69) is 6.92 Å². The molecule has 1 aliphatic heterocycles. The summed E-state index contributed by atoms with van der Waals surface area (Å²) in [5, 5.41) is 18.7. The van der Waals surface area contributed by atoms with Crippen LogP contribution in [0.1, 0.15) is 48.5 Å². The van der Waals surface area contributed by atoms with E-state index in [0.29, 0.717) is 36.4 Å². The van der Waals surface area contributed by atoms with E-state index in [-0.39, 0.29) is 18.1 Å². The van der Waals surface area contributed by atoms with Gasteiger partial charge in [0.1, 0.15) is 0 Å². The number of aliphatic hydroxyl groups is 1. The van der Waals surface area contributed by atoms with Crippen molar-refractivity contribution in [3.8, 4) is 5.75 Å². The predicted molar refractivity (Wildman–Crippen MR) is 84.5 cm³/mol. The molecule has 0 spiro atoms. The highest BCUT2D eigenvalue weighted by Gasteiger charge is 2.34. The zero-order chi connectivity index (χ0) is 16.6. The van der Waals surface area contributed by atoms with Crippen LogP contribution >= 0.6 is 0 Å². The lowest BCUT2D eigenvalue weighted by atomic mass is 9.76. The molecule has 23 heavy (non-hydrogen) atoms. The van der Waals surface area contributed by atoms with Crippen LogP contribution in [0.15, 0.2) is 12.1 Å². The number of amides is 1. The number of nitrogens with zero attached hydrogens (tertiary/aromatic N) is 1. The zero-order valence-corrected chi connectivity index (χ0v) is 13.5. The summed E-state index contributed by atoms with van der Waals surface area (Å²) in [5.74, 6) is -0.220. The highest BCUT2D eigenvalue weighted by atomic mass is 19.1. The Kier molecular flexibility index (Phi) is 4.57. The largest absolute Gasteiger partial charge is 0.505 e. The Morgan fingerprint density at radius 2 is 2.00 bits per heavy atom. The summed E-state index contributed by atoms with van der Waals surface area (Å²) in [6.45, 7) is 3.39. The lowest BCUT2D eigenvalue weighted by Gasteiger charge is -2.33. The molecule has 1 heterocycles. The minimum absolute atomic E-state index is 0.0348. The second-order valence-corrected chi connectivity index (χ2v) is 7.06. The third kappa shape index (κ3) is 3.07. The van der Waals surface area contributed by atoms with Gasteiger partial charge < -0.3 is 15.1 Å². The number of hydrogen-bond donors (Lipinski definition) is 2. The number of carbonyl (C=O) groups excluding carboxylic acids is 1. The van der Waals surface area contributed by atoms with E-state index < -0.39 is 11.6 Å². The molecule has 1 aliphatic carbocycles. The van der Waals surface area contributed by atoms with Gasteiger partial charge in [0, 0.05) is 19.7 Å². The van der Waals surface area contributed by atoms with Gasteiger partial charge in [0.2, 0.25) is 0 Å². The minimum atomic E-state index is -0.796. The molecule has 2 N–H and O–H groups in total. The molecule has 1 saturated carbocycles. The maximum absolute atomic E-state index is 14.0. The maximum Gasteiger partial charge on any atom is 0.257 e. The first kappa shape index (κ1) is 16.2. The molecule has 0 bridgehead atoms. The van der Waals surface area contributed by atoms with E-state index in [1.807, 2.05) is 0 Å². The fourth-order valence-electron chi connectivity index (χ4n) is 3.95. The van der Waals surface area contributed by atoms with Gasteiger partial charge in [-0.05, 0) is 55.1 Å². The van der Waals surface area contributed by atoms with Gasteiger partial charge >= 0.3 is 0 Å². The van der Waals surface area contributed by atoms with Gasteiger partial charge in [-0.1, -0.05) is 13.0 Å². The number of benzene rings is 1. The Morgan fingerprint density at radius 1 is 1.30 bits per heavy atom. The molecule has 2 aliphatic rings. The number of fused-ring (bicyclic) bond motifs is 1. The van der Waals surface area contributed by atoms with Gasteiger partial charge in [0.15, 0.2) is 11.6 Å². The molecule has 126 valence electrons. The molecule has 1 fully saturated rings. The smallest absolute Gasteiger partial charge is 0.257 e. The van der Waals surface area contributed by atoms with Crippen LogP contribution in [0.25, 0.3) is 0 Å². The Bertz CT molecular complexity index is 596. The quantitative estimate of drug-likeness (QED) is 0.896. The first-order valence-electron chi connectivity index (χ1n) is 8.41. The molecular formula is C18H24FNO3. The summed E-state index contributed by atoms with van der Waals surface area (Å²) in [6, 6.07) is 2.94. The number of phenols is 1. The van der Waals surface area contributed by atoms with E-state index in [4.69, 9.17) is 0 Å². The number of phenolic OH excluding ortho intramolecular Hbond substituents is 1. The fourth-order valence-corrected chi connectivity index (χ4v) is 3.95. The Hall–Kier alpha value is -1.62. The van der Waals surface area contributed by atoms with Crippen molar-refractivity contribution in [2.45, 2.75) is 39.2 Å². The highest BCUT2D eigenvalue weighted by molar-refractivity contribution is 5.99. The topological polar surface area (TPSA) is 60.8 Å². The first-order chi connectivity index (χ1) is 11.0. The van der Waals surface area contributed by atoms with Gasteiger partial charge in [0.25, 0.3) is 5.91 Å². The third-order valence-corrected chi connectivity index (χ3v) is 5.53. The standard InChI is InChI=1S/C18H24FNO3/c1-11(10-21)13-4-2-12(3-5-13)8-20-9-14-6-7-15(22)17(19)16(14)18(20)23/h6-7,11-13,21-22H,2-5,8-10H2,1H3/t11?,12-,13-. The Balaban J connectivity index is 1.61. The van der Waals surface area contributed by atoms with Crippen LogP contribution in [-0.2, 0) is 6.54 Å². The van der Waals surface area contributed by atoms with Crippen molar-refractivity contribution in [1.82, 2.24) is 4.90 Å². The highest BCUT2D eigenvalue weighted by Crippen LogP contribution is 2.36. The fraction of sp³-hybridized carbons (Fsp3) is 0.611. The van der Waals surface area contributed by atoms with Crippen molar-refractivity contribution >= 4 is 5.91 Å². The number of rotatable bonds is 4. The summed E-state index contributed by atoms with van der Waals surface area (Å²) in [7, 11) is 0. The molecule has 1 amide bonds. The second kappa shape index (κ2) is 6.48. The normalized spacial score (nSPS) is 25.5. The molecule has 1 unspecified atom stereocenters. The van der Waals surface area contributed by atoms with Gasteiger partial charge in [-0.25, -0.2) is 4.39 Å². The van der Waals surface area contributed by atoms with Crippen LogP contribution in [0.4, 0.5) is 4.39 Å². The lowest BCUT2D eigenvalue weighted by molar-refractivity contribution is 0.0708. The maximum atomic E-state index is 14.0. The Labute approximate surface area is 135 Å². The van der Waals surface area contributed by atoms with Crippen molar-refractivity contribution in [2.24, 2.45) is 17.8 Å². The van der Waals surface area contributed by atoms with Crippen molar-refractivity contribution in [2.75, 3.05) is 13.2 Å². The number of carbonyl (C=O) groups is 1. The summed E-state index contributed by atoms with van der Waals surface area (Å²) in [4.78, 5) is 14.1. The third-order valence-electron chi connectivity index (χ3n) is 5.53. The minimum Gasteiger partial charge on any atom is -0.505 e. The van der Waals surface area contributed by atoms with Crippen LogP contribution in [0.5, 0.6) is 5.75 Å². The van der Waals surface area contributed by atoms with Gasteiger partial charge in [0.05, 0.1) is 5.56 Å². The molecule has 1 aromatic carbocycles. The predicted octanol–water partition coefficient (Wildman–Crippen LogP) is 2.92. The Morgan fingerprint density at radius 3 is 2.65 bits per heavy atom. The van der Waals surface area contributed by atoms with Gasteiger partial charge in [-0.15, -0.1) is 0 Å². The zero-order valence-electron chi connectivity index (χ0n) is 13.5. The summed E-state index contributed by atoms with van der Waals surface area (Å²) < 4.78 is 14.0. The van der Waals surface area contributed by atoms with Crippen molar-refractivity contribution in [3.05, 3.63) is 29.1 Å². The van der Waals surface area contributed by atoms with Crippen LogP contribution in [0, 0.1) is 23.6 Å². The molecule has 1 atom stereocenters. The summed E-state index contributed by atoms with van der Waals surface area (Å²) in [5.41, 5.74) is 0.695. The molecule has 0 radical (unpaired) electrons. The van der Waals surface area contributed by atoms with E-state index in [1.165, 1.54) is 6.07 Å². The van der Waals surface area contributed by atoms with Crippen molar-refractivity contribution < 1.29 is 19.4 Å². The van der Waals surface area contributed by atoms with Gasteiger partial charge in [-0.2, -0.15) is 0 Å². The summed E-state index contributed by atoms with van der Waals surface area (Å²) in [6.07, 6.45) is 4.25. The SMILES string of the molecule is CC(CO)[C@H]1CC[C@H](CN2Cc3ccc(O)c(F)c3C2=O)CC1. The molecule has 1 aromatic rings. The number of aliphatic hydroxyl groups excluding tert-OH is 1. The van der Waals surface area contributed by atoms with E-state index in [9.17, 15) is 19.4 Å². The molecule has 3 rings (SSSR count). The molecule has 0 saturated heterocycles. The van der Waals surface area contributed by atoms with Crippen molar-refractivity contribution in [3.63, 3.8) is 0 Å². The van der Waals surface area contributed by atoms with Gasteiger partial charge in [-0.3, -0.25) is 4.79 Å². The van der Waals surface area contributed by atoms with E-state index in [1.54, 1.807) is 11.0 Å². The molecular weight excluding hydrogens is 297 g/mol. The van der Waals surface area contributed by atoms with Crippen LogP contribution in [0.2, 0.25) is 0 Å². The number of hydrogen-bond acceptors (Lipinski definition) is 3. The monoisotopic (exact) mass is 321 g/mol. The summed E-state index contributed by atoms with van der Waals surface area (Å²) >= 11 is 0. The lowest BCUT2D eigenvalue weighted by Crippen LogP contribution is -2.33. The van der Waals surface area contributed by atoms with Crippen LogP contribution in [0.3, 0.4) is 0 Å². The first-order valence-corrected chi connectivity index (χ1v) is 8.41. The van der Waals surface area contributed by atoms with Crippen LogP contribution in [-0.4, -0.2) is 34.2 Å². The average molecular weight is 321 g/mol. The number of aromatic hydroxyl groups is 1. The van der Waals surface area contributed by atoms with E-state index >= 15 is 0 Å². The second-order valence-electron chi connectivity index (χ2n) is 7.06. The van der Waals surface area contributed by atoms with E-state index in [0.717, 1.165) is 25.7 Å². The van der Waals surface area contributed by atoms with Crippen molar-refractivity contribution in [1.29, 1.82) is 0 Å². The number of halogens is 1. The van der Waals surface area contributed by atoms with Crippen LogP contribution < -0.4 is 0 Å². The average Bonchev–Trinajstić information content (AvgIpc) is 2.88.